The third-order valence-electron chi connectivity index (χ3n) is 2.94. The molecule has 0 bridgehead atoms. The van der Waals surface area contributed by atoms with Gasteiger partial charge < -0.3 is 0 Å². The fourth-order valence-corrected chi connectivity index (χ4v) is 2.01. The summed E-state index contributed by atoms with van der Waals surface area (Å²) in [4.78, 5) is 10.7. The second-order valence-electron chi connectivity index (χ2n) is 4.44. The summed E-state index contributed by atoms with van der Waals surface area (Å²) in [5.41, 5.74) is 3.33. The molecule has 0 aliphatic heterocycles. The van der Waals surface area contributed by atoms with Gasteiger partial charge in [0.1, 0.15) is 0 Å². The van der Waals surface area contributed by atoms with E-state index in [2.05, 4.69) is 6.07 Å². The molecule has 2 aromatic carbocycles. The molecule has 0 amide bonds. The maximum atomic E-state index is 11.1. The number of nitriles is 1. The van der Waals surface area contributed by atoms with Crippen LogP contribution >= 0.6 is 0 Å². The average Bonchev–Trinajstić information content (AvgIpc) is 2.38. The summed E-state index contributed by atoms with van der Waals surface area (Å²) in [6.45, 7) is 3.69. The van der Waals surface area contributed by atoms with E-state index in [9.17, 15) is 10.1 Å². The van der Waals surface area contributed by atoms with Crippen LogP contribution in [0, 0.1) is 35.3 Å². The molecule has 0 radical (unpaired) electrons. The first-order chi connectivity index (χ1) is 9.02. The molecule has 2 aromatic rings. The number of nitrogens with zero attached hydrogens (tertiary/aromatic N) is 2. The minimum absolute atomic E-state index is 0.0281. The van der Waals surface area contributed by atoms with E-state index in [0.29, 0.717) is 16.7 Å². The summed E-state index contributed by atoms with van der Waals surface area (Å²) in [6, 6.07) is 12.5. The first-order valence-corrected chi connectivity index (χ1v) is 5.79. The molecule has 0 heterocycles. The average molecular weight is 252 g/mol. The van der Waals surface area contributed by atoms with Crippen molar-refractivity contribution >= 4 is 5.69 Å². The number of rotatable bonds is 2. The van der Waals surface area contributed by atoms with Crippen LogP contribution in [-0.2, 0) is 0 Å². The molecule has 4 nitrogen and oxygen atoms in total. The van der Waals surface area contributed by atoms with Crippen molar-refractivity contribution in [3.8, 4) is 17.2 Å². The molecule has 0 spiro atoms. The fraction of sp³-hybridized carbons (Fsp3) is 0.133. The van der Waals surface area contributed by atoms with Crippen molar-refractivity contribution in [3.63, 3.8) is 0 Å². The molecule has 0 N–H and O–H groups in total. The Balaban J connectivity index is 2.73. The maximum Gasteiger partial charge on any atom is 0.277 e. The first-order valence-electron chi connectivity index (χ1n) is 5.79. The van der Waals surface area contributed by atoms with Gasteiger partial charge in [0.2, 0.25) is 0 Å². The Morgan fingerprint density at radius 1 is 1.05 bits per heavy atom. The number of hydrogen-bond donors (Lipinski definition) is 0. The zero-order chi connectivity index (χ0) is 14.0. The van der Waals surface area contributed by atoms with Gasteiger partial charge in [-0.25, -0.2) is 0 Å². The van der Waals surface area contributed by atoms with Gasteiger partial charge in [-0.05, 0) is 37.1 Å². The molecule has 94 valence electrons. The van der Waals surface area contributed by atoms with Crippen LogP contribution in [0.4, 0.5) is 5.69 Å². The van der Waals surface area contributed by atoms with Crippen molar-refractivity contribution in [1.82, 2.24) is 0 Å². The lowest BCUT2D eigenvalue weighted by Gasteiger charge is -2.07. The molecular weight excluding hydrogens is 240 g/mol. The molecule has 0 aliphatic rings. The van der Waals surface area contributed by atoms with E-state index in [1.165, 1.54) is 6.07 Å². The van der Waals surface area contributed by atoms with Crippen LogP contribution < -0.4 is 0 Å². The van der Waals surface area contributed by atoms with Gasteiger partial charge in [-0.3, -0.25) is 10.1 Å². The predicted octanol–water partition coefficient (Wildman–Crippen LogP) is 3.75. The standard InChI is InChI=1S/C15H12N2O2/c1-10-3-5-13(12(7-10)9-16)14-6-4-11(2)8-15(14)17(18)19/h3-8H,1-2H3. The van der Waals surface area contributed by atoms with Crippen LogP contribution in [0.5, 0.6) is 0 Å². The highest BCUT2D eigenvalue weighted by molar-refractivity contribution is 5.78. The van der Waals surface area contributed by atoms with Crippen molar-refractivity contribution in [2.75, 3.05) is 0 Å². The zero-order valence-corrected chi connectivity index (χ0v) is 10.7. The summed E-state index contributed by atoms with van der Waals surface area (Å²) >= 11 is 0. The molecule has 0 saturated heterocycles. The minimum Gasteiger partial charge on any atom is -0.258 e. The highest BCUT2D eigenvalue weighted by Crippen LogP contribution is 2.33. The van der Waals surface area contributed by atoms with Gasteiger partial charge in [-0.1, -0.05) is 18.2 Å². The van der Waals surface area contributed by atoms with Gasteiger partial charge in [0.25, 0.3) is 5.69 Å². The molecular formula is C15H12N2O2. The number of benzene rings is 2. The van der Waals surface area contributed by atoms with Crippen LogP contribution in [-0.4, -0.2) is 4.92 Å². The van der Waals surface area contributed by atoms with Gasteiger partial charge in [0.05, 0.1) is 22.1 Å². The van der Waals surface area contributed by atoms with Crippen LogP contribution in [0.3, 0.4) is 0 Å². The van der Waals surface area contributed by atoms with Crippen LogP contribution in [0.1, 0.15) is 16.7 Å². The monoisotopic (exact) mass is 252 g/mol. The molecule has 19 heavy (non-hydrogen) atoms. The van der Waals surface area contributed by atoms with Gasteiger partial charge in [-0.15, -0.1) is 0 Å². The number of aryl methyl sites for hydroxylation is 2. The molecule has 0 fully saturated rings. The molecule has 0 aliphatic carbocycles. The molecule has 2 rings (SSSR count). The molecule has 0 aromatic heterocycles. The van der Waals surface area contributed by atoms with Crippen molar-refractivity contribution in [2.45, 2.75) is 13.8 Å². The summed E-state index contributed by atoms with van der Waals surface area (Å²) in [5.74, 6) is 0. The molecule has 0 unspecified atom stereocenters. The van der Waals surface area contributed by atoms with Crippen LogP contribution in [0.15, 0.2) is 36.4 Å². The molecule has 4 heteroatoms. The highest BCUT2D eigenvalue weighted by atomic mass is 16.6. The second kappa shape index (κ2) is 4.91. The van der Waals surface area contributed by atoms with E-state index in [0.717, 1.165) is 11.1 Å². The zero-order valence-electron chi connectivity index (χ0n) is 10.7. The predicted molar refractivity (Wildman–Crippen MR) is 72.7 cm³/mol. The van der Waals surface area contributed by atoms with Gasteiger partial charge >= 0.3 is 0 Å². The third-order valence-corrected chi connectivity index (χ3v) is 2.94. The van der Waals surface area contributed by atoms with Crippen LogP contribution in [0.2, 0.25) is 0 Å². The summed E-state index contributed by atoms with van der Waals surface area (Å²) in [6.07, 6.45) is 0. The topological polar surface area (TPSA) is 66.9 Å². The smallest absolute Gasteiger partial charge is 0.258 e. The second-order valence-corrected chi connectivity index (χ2v) is 4.44. The van der Waals surface area contributed by atoms with Crippen molar-refractivity contribution in [3.05, 3.63) is 63.2 Å². The van der Waals surface area contributed by atoms with Gasteiger partial charge in [0, 0.05) is 11.6 Å². The number of nitro benzene ring substituents is 1. The molecule has 0 saturated carbocycles. The van der Waals surface area contributed by atoms with E-state index in [4.69, 9.17) is 5.26 Å². The van der Waals surface area contributed by atoms with Gasteiger partial charge in [-0.2, -0.15) is 5.26 Å². The lowest BCUT2D eigenvalue weighted by molar-refractivity contribution is -0.384. The normalized spacial score (nSPS) is 9.95. The summed E-state index contributed by atoms with van der Waals surface area (Å²) in [7, 11) is 0. The Bertz CT molecular complexity index is 700. The SMILES string of the molecule is Cc1ccc(-c2ccc(C)cc2[N+](=O)[O-])c(C#N)c1. The van der Waals surface area contributed by atoms with Crippen molar-refractivity contribution in [1.29, 1.82) is 5.26 Å². The van der Waals surface area contributed by atoms with E-state index in [1.807, 2.05) is 19.1 Å². The lowest BCUT2D eigenvalue weighted by Crippen LogP contribution is -1.94. The van der Waals surface area contributed by atoms with Crippen LogP contribution in [0.25, 0.3) is 11.1 Å². The van der Waals surface area contributed by atoms with Crippen molar-refractivity contribution < 1.29 is 4.92 Å². The minimum atomic E-state index is -0.413. The Morgan fingerprint density at radius 2 is 1.63 bits per heavy atom. The van der Waals surface area contributed by atoms with E-state index in [-0.39, 0.29) is 5.69 Å². The van der Waals surface area contributed by atoms with E-state index >= 15 is 0 Å². The third kappa shape index (κ3) is 2.45. The first kappa shape index (κ1) is 12.8. The Morgan fingerprint density at radius 3 is 2.21 bits per heavy atom. The molecule has 0 atom stereocenters. The quantitative estimate of drug-likeness (QED) is 0.603. The van der Waals surface area contributed by atoms with E-state index < -0.39 is 4.92 Å². The Kier molecular flexibility index (Phi) is 3.30. The van der Waals surface area contributed by atoms with Gasteiger partial charge in [0.15, 0.2) is 0 Å². The lowest BCUT2D eigenvalue weighted by atomic mass is 9.96. The highest BCUT2D eigenvalue weighted by Gasteiger charge is 2.17. The largest absolute Gasteiger partial charge is 0.277 e. The fourth-order valence-electron chi connectivity index (χ4n) is 2.01. The maximum absolute atomic E-state index is 11.1. The number of nitro groups is 1. The van der Waals surface area contributed by atoms with Crippen molar-refractivity contribution in [2.24, 2.45) is 0 Å². The number of hydrogen-bond acceptors (Lipinski definition) is 3. The Labute approximate surface area is 111 Å². The van der Waals surface area contributed by atoms with E-state index in [1.54, 1.807) is 25.1 Å². The summed E-state index contributed by atoms with van der Waals surface area (Å²) < 4.78 is 0. The summed E-state index contributed by atoms with van der Waals surface area (Å²) in [5, 5.41) is 20.3. The Hall–Kier alpha value is -2.67.